The molecule has 1 amide bonds. The van der Waals surface area contributed by atoms with Crippen LogP contribution in [0.2, 0.25) is 5.02 Å². The number of rotatable bonds is 6. The number of aryl methyl sites for hydroxylation is 1. The van der Waals surface area contributed by atoms with Crippen molar-refractivity contribution in [3.8, 4) is 0 Å². The van der Waals surface area contributed by atoms with Gasteiger partial charge in [0.2, 0.25) is 5.91 Å². The monoisotopic (exact) mass is 430 g/mol. The van der Waals surface area contributed by atoms with Gasteiger partial charge in [0.1, 0.15) is 0 Å². The maximum Gasteiger partial charge on any atom is 0.419 e. The smallest absolute Gasteiger partial charge is 0.408 e. The SMILES string of the molecule is O=C(CCn1c(=O)oc2cc(Cl)ccc21)Nc1ccccc1SCC(F)(F)F. The first-order valence-corrected chi connectivity index (χ1v) is 9.46. The number of oxazole rings is 1. The largest absolute Gasteiger partial charge is 0.419 e. The number of hydrogen-bond acceptors (Lipinski definition) is 4. The van der Waals surface area contributed by atoms with Gasteiger partial charge in [-0.2, -0.15) is 13.2 Å². The standard InChI is InChI=1S/C18H14ClF3N2O3S/c19-11-5-6-13-14(9-11)27-17(26)24(13)8-7-16(25)23-12-3-1-2-4-15(12)28-10-18(20,21)22/h1-6,9H,7-8,10H2,(H,23,25). The van der Waals surface area contributed by atoms with Crippen molar-refractivity contribution in [2.45, 2.75) is 24.0 Å². The number of nitrogens with one attached hydrogen (secondary N) is 1. The molecule has 0 radical (unpaired) electrons. The summed E-state index contributed by atoms with van der Waals surface area (Å²) >= 11 is 6.45. The summed E-state index contributed by atoms with van der Waals surface area (Å²) in [5.41, 5.74) is 1.10. The second-order valence-electron chi connectivity index (χ2n) is 5.83. The van der Waals surface area contributed by atoms with E-state index in [1.807, 2.05) is 0 Å². The molecule has 0 aliphatic carbocycles. The normalized spacial score (nSPS) is 11.7. The molecule has 1 N–H and O–H groups in total. The zero-order valence-electron chi connectivity index (χ0n) is 14.3. The number of anilines is 1. The second kappa shape index (κ2) is 8.32. The van der Waals surface area contributed by atoms with Crippen molar-refractivity contribution < 1.29 is 22.4 Å². The van der Waals surface area contributed by atoms with Gasteiger partial charge in [-0.1, -0.05) is 23.7 Å². The minimum atomic E-state index is -4.31. The van der Waals surface area contributed by atoms with Gasteiger partial charge in [0.15, 0.2) is 5.58 Å². The number of alkyl halides is 3. The van der Waals surface area contributed by atoms with Gasteiger partial charge < -0.3 is 9.73 Å². The zero-order chi connectivity index (χ0) is 20.3. The number of thioether (sulfide) groups is 1. The van der Waals surface area contributed by atoms with Gasteiger partial charge in [-0.15, -0.1) is 11.8 Å². The number of fused-ring (bicyclic) bond motifs is 1. The predicted octanol–water partition coefficient (Wildman–Crippen LogP) is 4.93. The molecular weight excluding hydrogens is 417 g/mol. The molecule has 0 saturated heterocycles. The first-order chi connectivity index (χ1) is 13.2. The van der Waals surface area contributed by atoms with Gasteiger partial charge in [-0.3, -0.25) is 9.36 Å². The van der Waals surface area contributed by atoms with Crippen LogP contribution in [-0.4, -0.2) is 22.4 Å². The molecule has 28 heavy (non-hydrogen) atoms. The lowest BCUT2D eigenvalue weighted by Gasteiger charge is -2.12. The van der Waals surface area contributed by atoms with E-state index in [9.17, 15) is 22.8 Å². The van der Waals surface area contributed by atoms with Crippen molar-refractivity contribution in [1.82, 2.24) is 4.57 Å². The molecule has 0 atom stereocenters. The Morgan fingerprint density at radius 2 is 1.96 bits per heavy atom. The highest BCUT2D eigenvalue weighted by molar-refractivity contribution is 7.99. The molecule has 0 unspecified atom stereocenters. The number of aromatic nitrogens is 1. The maximum atomic E-state index is 12.4. The number of halogens is 4. The number of amides is 1. The van der Waals surface area contributed by atoms with Crippen LogP contribution in [0.25, 0.3) is 11.1 Å². The van der Waals surface area contributed by atoms with Gasteiger partial charge in [0.05, 0.1) is 17.0 Å². The number of nitrogens with zero attached hydrogens (tertiary/aromatic N) is 1. The van der Waals surface area contributed by atoms with Crippen molar-refractivity contribution in [3.63, 3.8) is 0 Å². The lowest BCUT2D eigenvalue weighted by Crippen LogP contribution is -2.20. The minimum Gasteiger partial charge on any atom is -0.408 e. The highest BCUT2D eigenvalue weighted by atomic mass is 35.5. The molecule has 1 aromatic heterocycles. The summed E-state index contributed by atoms with van der Waals surface area (Å²) in [5, 5.41) is 3.01. The Bertz CT molecular complexity index is 1060. The van der Waals surface area contributed by atoms with E-state index in [0.717, 1.165) is 0 Å². The summed E-state index contributed by atoms with van der Waals surface area (Å²) in [6.07, 6.45) is -4.37. The second-order valence-corrected chi connectivity index (χ2v) is 7.28. The Labute approximate surface area is 166 Å². The Balaban J connectivity index is 1.67. The van der Waals surface area contributed by atoms with Crippen molar-refractivity contribution >= 4 is 46.1 Å². The third-order valence-corrected chi connectivity index (χ3v) is 5.12. The Morgan fingerprint density at radius 1 is 1.21 bits per heavy atom. The first-order valence-electron chi connectivity index (χ1n) is 8.10. The molecule has 0 fully saturated rings. The fourth-order valence-corrected chi connectivity index (χ4v) is 3.46. The summed E-state index contributed by atoms with van der Waals surface area (Å²) in [6.45, 7) is 0.0527. The molecule has 0 saturated carbocycles. The number of hydrogen-bond donors (Lipinski definition) is 1. The van der Waals surface area contributed by atoms with Crippen LogP contribution >= 0.6 is 23.4 Å². The van der Waals surface area contributed by atoms with Gasteiger partial charge >= 0.3 is 11.9 Å². The Hall–Kier alpha value is -2.39. The van der Waals surface area contributed by atoms with Gasteiger partial charge in [0.25, 0.3) is 0 Å². The molecular formula is C18H14ClF3N2O3S. The number of para-hydroxylation sites is 1. The summed E-state index contributed by atoms with van der Waals surface area (Å²) < 4.78 is 43.7. The van der Waals surface area contributed by atoms with Crippen LogP contribution in [0.3, 0.4) is 0 Å². The van der Waals surface area contributed by atoms with Crippen LogP contribution in [0.15, 0.2) is 56.6 Å². The van der Waals surface area contributed by atoms with E-state index in [-0.39, 0.29) is 18.7 Å². The molecule has 5 nitrogen and oxygen atoms in total. The first kappa shape index (κ1) is 20.3. The summed E-state index contributed by atoms with van der Waals surface area (Å²) in [4.78, 5) is 24.5. The summed E-state index contributed by atoms with van der Waals surface area (Å²) in [5.74, 6) is -2.11. The van der Waals surface area contributed by atoms with Crippen LogP contribution < -0.4 is 11.1 Å². The Morgan fingerprint density at radius 3 is 2.71 bits per heavy atom. The van der Waals surface area contributed by atoms with Crippen LogP contribution in [0, 0.1) is 0 Å². The maximum absolute atomic E-state index is 12.4. The fourth-order valence-electron chi connectivity index (χ4n) is 2.53. The van der Waals surface area contributed by atoms with Gasteiger partial charge in [-0.05, 0) is 24.3 Å². The Kier molecular flexibility index (Phi) is 6.04. The van der Waals surface area contributed by atoms with E-state index in [4.69, 9.17) is 16.0 Å². The average molecular weight is 431 g/mol. The summed E-state index contributed by atoms with van der Waals surface area (Å²) in [7, 11) is 0. The number of carbonyl (C=O) groups is 1. The average Bonchev–Trinajstić information content (AvgIpc) is 2.92. The quantitative estimate of drug-likeness (QED) is 0.563. The third-order valence-electron chi connectivity index (χ3n) is 3.75. The molecule has 0 aliphatic rings. The topological polar surface area (TPSA) is 64.2 Å². The molecule has 0 spiro atoms. The molecule has 0 aliphatic heterocycles. The highest BCUT2D eigenvalue weighted by Gasteiger charge is 2.27. The number of carbonyl (C=O) groups excluding carboxylic acids is 1. The summed E-state index contributed by atoms with van der Waals surface area (Å²) in [6, 6.07) is 11.0. The molecule has 10 heteroatoms. The predicted molar refractivity (Wildman–Crippen MR) is 102 cm³/mol. The van der Waals surface area contributed by atoms with Crippen molar-refractivity contribution in [2.24, 2.45) is 0 Å². The number of benzene rings is 2. The van der Waals surface area contributed by atoms with Crippen LogP contribution in [-0.2, 0) is 11.3 Å². The van der Waals surface area contributed by atoms with E-state index in [1.54, 1.807) is 24.3 Å². The van der Waals surface area contributed by atoms with E-state index in [1.165, 1.54) is 22.8 Å². The van der Waals surface area contributed by atoms with Crippen LogP contribution in [0.5, 0.6) is 0 Å². The molecule has 2 aromatic carbocycles. The van der Waals surface area contributed by atoms with E-state index >= 15 is 0 Å². The molecule has 3 aromatic rings. The van der Waals surface area contributed by atoms with Crippen molar-refractivity contribution in [3.05, 3.63) is 58.0 Å². The zero-order valence-corrected chi connectivity index (χ0v) is 15.8. The van der Waals surface area contributed by atoms with Crippen molar-refractivity contribution in [1.29, 1.82) is 0 Å². The van der Waals surface area contributed by atoms with Gasteiger partial charge in [0, 0.05) is 29.0 Å². The minimum absolute atomic E-state index is 0.0527. The lowest BCUT2D eigenvalue weighted by atomic mass is 10.3. The fraction of sp³-hybridized carbons (Fsp3) is 0.222. The third kappa shape index (κ3) is 5.11. The van der Waals surface area contributed by atoms with E-state index in [2.05, 4.69) is 5.32 Å². The lowest BCUT2D eigenvalue weighted by molar-refractivity contribution is -0.116. The molecule has 1 heterocycles. The van der Waals surface area contributed by atoms with E-state index in [0.29, 0.717) is 32.8 Å². The van der Waals surface area contributed by atoms with Gasteiger partial charge in [-0.25, -0.2) is 4.79 Å². The molecule has 148 valence electrons. The van der Waals surface area contributed by atoms with E-state index < -0.39 is 23.6 Å². The van der Waals surface area contributed by atoms with Crippen LogP contribution in [0.1, 0.15) is 6.42 Å². The van der Waals surface area contributed by atoms with Crippen LogP contribution in [0.4, 0.5) is 18.9 Å². The van der Waals surface area contributed by atoms with Crippen molar-refractivity contribution in [2.75, 3.05) is 11.1 Å². The molecule has 0 bridgehead atoms. The highest BCUT2D eigenvalue weighted by Crippen LogP contribution is 2.32. The molecule has 3 rings (SSSR count).